The molecule has 0 aliphatic heterocycles. The van der Waals surface area contributed by atoms with Gasteiger partial charge in [0.2, 0.25) is 0 Å². The fraction of sp³-hybridized carbons (Fsp3) is 0.568. The van der Waals surface area contributed by atoms with Gasteiger partial charge < -0.3 is 20.1 Å². The van der Waals surface area contributed by atoms with Crippen molar-refractivity contribution in [1.29, 1.82) is 0 Å². The molecule has 4 nitrogen and oxygen atoms in total. The summed E-state index contributed by atoms with van der Waals surface area (Å²) in [5.41, 5.74) is 2.54. The lowest BCUT2D eigenvalue weighted by atomic mass is 9.81. The molecule has 0 bridgehead atoms. The molecule has 4 aliphatic rings. The molecule has 41 heavy (non-hydrogen) atoms. The number of ether oxygens (including phenoxy) is 2. The van der Waals surface area contributed by atoms with E-state index >= 15 is 0 Å². The smallest absolute Gasteiger partial charge is 0.0717 e. The molecule has 2 aromatic carbocycles. The number of rotatable bonds is 14. The third-order valence-electron chi connectivity index (χ3n) is 10.5. The van der Waals surface area contributed by atoms with Gasteiger partial charge in [-0.1, -0.05) is 85.0 Å². The van der Waals surface area contributed by atoms with Gasteiger partial charge in [-0.2, -0.15) is 0 Å². The molecule has 4 heteroatoms. The average molecular weight is 555 g/mol. The number of benzene rings is 2. The predicted molar refractivity (Wildman–Crippen MR) is 167 cm³/mol. The molecule has 220 valence electrons. The Balaban J connectivity index is 0.957. The molecule has 6 rings (SSSR count). The van der Waals surface area contributed by atoms with E-state index in [-0.39, 0.29) is 0 Å². The minimum absolute atomic E-state index is 0.570. The Bertz CT molecular complexity index is 1010. The maximum atomic E-state index is 6.30. The summed E-state index contributed by atoms with van der Waals surface area (Å²) in [6.45, 7) is 5.32. The van der Waals surface area contributed by atoms with Crippen LogP contribution in [0.3, 0.4) is 0 Å². The quantitative estimate of drug-likeness (QED) is 0.196. The first kappa shape index (κ1) is 28.9. The lowest BCUT2D eigenvalue weighted by Gasteiger charge is -2.28. The van der Waals surface area contributed by atoms with Crippen LogP contribution in [0.4, 0.5) is 0 Å². The summed E-state index contributed by atoms with van der Waals surface area (Å²) in [5.74, 6) is 4.37. The van der Waals surface area contributed by atoms with Crippen LogP contribution in [0.5, 0.6) is 0 Å². The minimum atomic E-state index is 0.570. The highest BCUT2D eigenvalue weighted by atomic mass is 16.5. The zero-order valence-electron chi connectivity index (χ0n) is 24.7. The van der Waals surface area contributed by atoms with Crippen LogP contribution in [0, 0.1) is 35.5 Å². The molecule has 8 atom stereocenters. The highest BCUT2D eigenvalue weighted by Gasteiger charge is 2.44. The lowest BCUT2D eigenvalue weighted by molar-refractivity contribution is 0.0598. The monoisotopic (exact) mass is 554 g/mol. The SMILES string of the molecule is C1=CC[C@@H]2[C@@H](C1)C[C@H](NCCCN[C@@H]1C[C@@H]3CC=CC[C@H]3[C@@H]1COCc1ccccc1)[C@H]2COCc1ccccc1. The van der Waals surface area contributed by atoms with Crippen molar-refractivity contribution in [2.45, 2.75) is 70.2 Å². The summed E-state index contributed by atoms with van der Waals surface area (Å²) in [6.07, 6.45) is 18.3. The number of nitrogens with one attached hydrogen (secondary N) is 2. The zero-order chi connectivity index (χ0) is 27.7. The molecule has 0 saturated heterocycles. The molecule has 0 aromatic heterocycles. The van der Waals surface area contributed by atoms with Gasteiger partial charge in [0.15, 0.2) is 0 Å². The van der Waals surface area contributed by atoms with Crippen LogP contribution in [-0.2, 0) is 22.7 Å². The highest BCUT2D eigenvalue weighted by molar-refractivity contribution is 5.14. The van der Waals surface area contributed by atoms with Gasteiger partial charge in [-0.15, -0.1) is 0 Å². The van der Waals surface area contributed by atoms with E-state index in [1.807, 2.05) is 0 Å². The summed E-state index contributed by atoms with van der Waals surface area (Å²) in [6, 6.07) is 22.4. The lowest BCUT2D eigenvalue weighted by Crippen LogP contribution is -2.40. The Morgan fingerprint density at radius 1 is 0.561 bits per heavy atom. The van der Waals surface area contributed by atoms with Gasteiger partial charge in [0.1, 0.15) is 0 Å². The molecular weight excluding hydrogens is 504 g/mol. The Kier molecular flexibility index (Phi) is 10.4. The van der Waals surface area contributed by atoms with Gasteiger partial charge in [0.05, 0.1) is 26.4 Å². The molecule has 2 N–H and O–H groups in total. The second kappa shape index (κ2) is 14.8. The number of allylic oxidation sites excluding steroid dienone is 4. The zero-order valence-corrected chi connectivity index (χ0v) is 24.7. The highest BCUT2D eigenvalue weighted by Crippen LogP contribution is 2.45. The third-order valence-corrected chi connectivity index (χ3v) is 10.5. The summed E-state index contributed by atoms with van der Waals surface area (Å²) in [7, 11) is 0. The Morgan fingerprint density at radius 3 is 1.46 bits per heavy atom. The van der Waals surface area contributed by atoms with Crippen molar-refractivity contribution in [2.24, 2.45) is 35.5 Å². The van der Waals surface area contributed by atoms with Crippen LogP contribution in [0.25, 0.3) is 0 Å². The van der Waals surface area contributed by atoms with Crippen LogP contribution in [0.2, 0.25) is 0 Å². The minimum Gasteiger partial charge on any atom is -0.376 e. The molecule has 0 spiro atoms. The van der Waals surface area contributed by atoms with Crippen LogP contribution in [0.15, 0.2) is 85.0 Å². The second-order valence-corrected chi connectivity index (χ2v) is 13.0. The first-order valence-electron chi connectivity index (χ1n) is 16.3. The number of hydrogen-bond acceptors (Lipinski definition) is 4. The second-order valence-electron chi connectivity index (χ2n) is 13.0. The van der Waals surface area contributed by atoms with Crippen LogP contribution in [0.1, 0.15) is 56.1 Å². The van der Waals surface area contributed by atoms with Crippen molar-refractivity contribution < 1.29 is 9.47 Å². The summed E-state index contributed by atoms with van der Waals surface area (Å²) < 4.78 is 12.6. The van der Waals surface area contributed by atoms with Gasteiger partial charge >= 0.3 is 0 Å². The Morgan fingerprint density at radius 2 is 1.00 bits per heavy atom. The van der Waals surface area contributed by atoms with Crippen molar-refractivity contribution in [3.05, 3.63) is 96.1 Å². The van der Waals surface area contributed by atoms with E-state index in [2.05, 4.69) is 95.6 Å². The maximum Gasteiger partial charge on any atom is 0.0717 e. The molecule has 0 heterocycles. The average Bonchev–Trinajstić information content (AvgIpc) is 3.55. The van der Waals surface area contributed by atoms with E-state index in [4.69, 9.17) is 9.47 Å². The fourth-order valence-corrected chi connectivity index (χ4v) is 8.36. The maximum absolute atomic E-state index is 6.30. The first-order valence-corrected chi connectivity index (χ1v) is 16.3. The van der Waals surface area contributed by atoms with E-state index in [1.54, 1.807) is 0 Å². The molecular formula is C37H50N2O2. The van der Waals surface area contributed by atoms with E-state index in [0.717, 1.165) is 63.2 Å². The van der Waals surface area contributed by atoms with Crippen molar-refractivity contribution in [1.82, 2.24) is 10.6 Å². The number of fused-ring (bicyclic) bond motifs is 2. The molecule has 0 unspecified atom stereocenters. The van der Waals surface area contributed by atoms with E-state index in [9.17, 15) is 0 Å². The molecule has 2 saturated carbocycles. The van der Waals surface area contributed by atoms with Crippen LogP contribution in [-0.4, -0.2) is 38.4 Å². The predicted octanol–water partition coefficient (Wildman–Crippen LogP) is 6.93. The van der Waals surface area contributed by atoms with Crippen molar-refractivity contribution in [2.75, 3.05) is 26.3 Å². The van der Waals surface area contributed by atoms with E-state index in [1.165, 1.54) is 56.1 Å². The van der Waals surface area contributed by atoms with Gasteiger partial charge in [0.25, 0.3) is 0 Å². The van der Waals surface area contributed by atoms with Crippen LogP contribution >= 0.6 is 0 Å². The standard InChI is InChI=1S/C37H50N2O2/c1-3-12-28(13-4-1)24-40-26-34-32-18-9-7-16-30(32)22-36(34)38-20-11-21-39-37-23-31-17-8-10-19-33(31)35(37)27-41-25-29-14-5-2-6-15-29/h1-10,12-15,30-39H,11,16-27H2/t30-,31-,32+,33+,34-,35-,36-,37+/m0/s1. The van der Waals surface area contributed by atoms with Gasteiger partial charge in [0, 0.05) is 23.9 Å². The fourth-order valence-electron chi connectivity index (χ4n) is 8.36. The molecule has 0 amide bonds. The van der Waals surface area contributed by atoms with Gasteiger partial charge in [-0.05, 0) is 92.8 Å². The largest absolute Gasteiger partial charge is 0.376 e. The van der Waals surface area contributed by atoms with Gasteiger partial charge in [-0.25, -0.2) is 0 Å². The summed E-state index contributed by atoms with van der Waals surface area (Å²) >= 11 is 0. The molecule has 4 aliphatic carbocycles. The molecule has 0 radical (unpaired) electrons. The van der Waals surface area contributed by atoms with Crippen molar-refractivity contribution >= 4 is 0 Å². The van der Waals surface area contributed by atoms with Crippen molar-refractivity contribution in [3.8, 4) is 0 Å². The summed E-state index contributed by atoms with van der Waals surface area (Å²) in [4.78, 5) is 0. The van der Waals surface area contributed by atoms with Crippen molar-refractivity contribution in [3.63, 3.8) is 0 Å². The first-order chi connectivity index (χ1) is 20.3. The third kappa shape index (κ3) is 7.59. The normalized spacial score (nSPS) is 32.2. The Hall–Kier alpha value is -2.24. The van der Waals surface area contributed by atoms with E-state index in [0.29, 0.717) is 23.9 Å². The molecule has 2 aromatic rings. The number of hydrogen-bond donors (Lipinski definition) is 2. The molecule has 2 fully saturated rings. The Labute approximate surface area is 248 Å². The van der Waals surface area contributed by atoms with Crippen LogP contribution < -0.4 is 10.6 Å². The van der Waals surface area contributed by atoms with E-state index < -0.39 is 0 Å². The topological polar surface area (TPSA) is 42.5 Å². The summed E-state index contributed by atoms with van der Waals surface area (Å²) in [5, 5.41) is 7.99. The van der Waals surface area contributed by atoms with Gasteiger partial charge in [-0.3, -0.25) is 0 Å².